The lowest BCUT2D eigenvalue weighted by molar-refractivity contribution is -0.139. The number of carbonyl (C=O) groups is 2. The van der Waals surface area contributed by atoms with Crippen LogP contribution in [0.15, 0.2) is 12.3 Å². The minimum absolute atomic E-state index is 0.121. The van der Waals surface area contributed by atoms with E-state index in [2.05, 4.69) is 10.4 Å². The Morgan fingerprint density at radius 2 is 2.19 bits per heavy atom. The number of rotatable bonds is 7. The van der Waals surface area contributed by atoms with Gasteiger partial charge in [0.25, 0.3) is 0 Å². The lowest BCUT2D eigenvalue weighted by atomic mass is 10.2. The van der Waals surface area contributed by atoms with Gasteiger partial charge in [-0.2, -0.15) is 5.10 Å². The van der Waals surface area contributed by atoms with Gasteiger partial charge in [-0.3, -0.25) is 9.59 Å². The minimum Gasteiger partial charge on any atom is -0.465 e. The van der Waals surface area contributed by atoms with Crippen LogP contribution in [-0.2, 0) is 14.3 Å². The molecule has 21 heavy (non-hydrogen) atoms. The molecule has 7 heteroatoms. The van der Waals surface area contributed by atoms with Crippen molar-refractivity contribution >= 4 is 29.5 Å². The highest BCUT2D eigenvalue weighted by molar-refractivity contribution is 8.00. The average molecular weight is 311 g/mol. The van der Waals surface area contributed by atoms with Crippen LogP contribution in [0.25, 0.3) is 0 Å². The second kappa shape index (κ2) is 8.07. The van der Waals surface area contributed by atoms with Crippen LogP contribution in [0.4, 0.5) is 5.82 Å². The summed E-state index contributed by atoms with van der Waals surface area (Å²) in [6.45, 7) is 2.13. The van der Waals surface area contributed by atoms with Crippen LogP contribution in [0.3, 0.4) is 0 Å². The standard InChI is InChI=1S/C14H21N3O3S/c1-2-20-14(19)10-21-9-13(18)16-12-7-8-15-17(12)11-5-3-4-6-11/h7-8,11H,2-6,9-10H2,1H3,(H,16,18). The van der Waals surface area contributed by atoms with Crippen molar-refractivity contribution in [2.75, 3.05) is 23.4 Å². The highest BCUT2D eigenvalue weighted by Gasteiger charge is 2.20. The van der Waals surface area contributed by atoms with Crippen LogP contribution in [0.1, 0.15) is 38.6 Å². The fourth-order valence-corrected chi connectivity index (χ4v) is 3.07. The molecule has 1 saturated carbocycles. The highest BCUT2D eigenvalue weighted by atomic mass is 32.2. The van der Waals surface area contributed by atoms with Crippen molar-refractivity contribution in [3.8, 4) is 0 Å². The van der Waals surface area contributed by atoms with Crippen LogP contribution in [0, 0.1) is 0 Å². The lowest BCUT2D eigenvalue weighted by Gasteiger charge is -2.14. The van der Waals surface area contributed by atoms with E-state index >= 15 is 0 Å². The van der Waals surface area contributed by atoms with Gasteiger partial charge in [-0.1, -0.05) is 12.8 Å². The Morgan fingerprint density at radius 3 is 2.90 bits per heavy atom. The van der Waals surface area contributed by atoms with Crippen LogP contribution in [-0.4, -0.2) is 39.8 Å². The molecule has 0 unspecified atom stereocenters. The van der Waals surface area contributed by atoms with Crippen molar-refractivity contribution in [2.45, 2.75) is 38.6 Å². The number of anilines is 1. The molecule has 0 bridgehead atoms. The molecule has 1 aromatic rings. The van der Waals surface area contributed by atoms with E-state index in [-0.39, 0.29) is 23.4 Å². The fourth-order valence-electron chi connectivity index (χ4n) is 2.46. The quantitative estimate of drug-likeness (QED) is 0.782. The molecular weight excluding hydrogens is 290 g/mol. The molecule has 2 rings (SSSR count). The Bertz CT molecular complexity index is 484. The zero-order valence-corrected chi connectivity index (χ0v) is 13.0. The van der Waals surface area contributed by atoms with Gasteiger partial charge in [0.05, 0.1) is 30.4 Å². The summed E-state index contributed by atoms with van der Waals surface area (Å²) in [5.74, 6) is 0.761. The zero-order valence-electron chi connectivity index (χ0n) is 12.2. The van der Waals surface area contributed by atoms with Crippen LogP contribution in [0.2, 0.25) is 0 Å². The highest BCUT2D eigenvalue weighted by Crippen LogP contribution is 2.31. The first kappa shape index (κ1) is 15.9. The third-order valence-electron chi connectivity index (χ3n) is 3.37. The number of nitrogens with one attached hydrogen (secondary N) is 1. The summed E-state index contributed by atoms with van der Waals surface area (Å²) in [4.78, 5) is 23.1. The largest absolute Gasteiger partial charge is 0.465 e. The number of hydrogen-bond donors (Lipinski definition) is 1. The summed E-state index contributed by atoms with van der Waals surface area (Å²) in [6.07, 6.45) is 6.37. The van der Waals surface area contributed by atoms with Gasteiger partial charge in [-0.15, -0.1) is 11.8 Å². The van der Waals surface area contributed by atoms with E-state index < -0.39 is 0 Å². The van der Waals surface area contributed by atoms with Crippen molar-refractivity contribution in [1.29, 1.82) is 0 Å². The van der Waals surface area contributed by atoms with Crippen LogP contribution >= 0.6 is 11.8 Å². The van der Waals surface area contributed by atoms with Crippen molar-refractivity contribution < 1.29 is 14.3 Å². The maximum Gasteiger partial charge on any atom is 0.315 e. The summed E-state index contributed by atoms with van der Waals surface area (Å²) in [7, 11) is 0. The van der Waals surface area contributed by atoms with Gasteiger partial charge in [0.15, 0.2) is 0 Å². The molecule has 1 N–H and O–H groups in total. The first-order chi connectivity index (χ1) is 10.2. The molecular formula is C14H21N3O3S. The topological polar surface area (TPSA) is 73.2 Å². The molecule has 0 aromatic carbocycles. The van der Waals surface area contributed by atoms with E-state index in [9.17, 15) is 9.59 Å². The number of ether oxygens (including phenoxy) is 1. The van der Waals surface area contributed by atoms with E-state index in [1.54, 1.807) is 13.1 Å². The Hall–Kier alpha value is -1.50. The number of hydrogen-bond acceptors (Lipinski definition) is 5. The lowest BCUT2D eigenvalue weighted by Crippen LogP contribution is -2.20. The van der Waals surface area contributed by atoms with Gasteiger partial charge in [0.1, 0.15) is 5.82 Å². The number of nitrogens with zero attached hydrogens (tertiary/aromatic N) is 2. The molecule has 0 atom stereocenters. The third-order valence-corrected chi connectivity index (χ3v) is 4.27. The van der Waals surface area contributed by atoms with Gasteiger partial charge >= 0.3 is 5.97 Å². The van der Waals surface area contributed by atoms with Gasteiger partial charge in [-0.05, 0) is 19.8 Å². The minimum atomic E-state index is -0.286. The molecule has 6 nitrogen and oxygen atoms in total. The molecule has 1 aliphatic carbocycles. The predicted octanol–water partition coefficient (Wildman–Crippen LogP) is 2.23. The van der Waals surface area contributed by atoms with E-state index in [1.807, 2.05) is 10.7 Å². The van der Waals surface area contributed by atoms with E-state index in [1.165, 1.54) is 24.6 Å². The van der Waals surface area contributed by atoms with Crippen LogP contribution in [0.5, 0.6) is 0 Å². The van der Waals surface area contributed by atoms with Crippen molar-refractivity contribution in [2.24, 2.45) is 0 Å². The molecule has 1 aliphatic rings. The summed E-state index contributed by atoms with van der Waals surface area (Å²) in [5.41, 5.74) is 0. The van der Waals surface area contributed by atoms with E-state index in [4.69, 9.17) is 4.74 Å². The summed E-state index contributed by atoms with van der Waals surface area (Å²) in [5, 5.41) is 7.17. The fraction of sp³-hybridized carbons (Fsp3) is 0.643. The first-order valence-electron chi connectivity index (χ1n) is 7.27. The SMILES string of the molecule is CCOC(=O)CSCC(=O)Nc1ccnn1C1CCCC1. The van der Waals surface area contributed by atoms with Crippen LogP contribution < -0.4 is 5.32 Å². The average Bonchev–Trinajstić information content (AvgIpc) is 3.09. The Labute approximate surface area is 128 Å². The second-order valence-electron chi connectivity index (χ2n) is 4.95. The summed E-state index contributed by atoms with van der Waals surface area (Å²) in [6, 6.07) is 2.20. The van der Waals surface area contributed by atoms with Crippen molar-refractivity contribution in [1.82, 2.24) is 9.78 Å². The molecule has 0 spiro atoms. The molecule has 1 fully saturated rings. The number of thioether (sulfide) groups is 1. The monoisotopic (exact) mass is 311 g/mol. The maximum absolute atomic E-state index is 11.9. The molecule has 1 aromatic heterocycles. The molecule has 116 valence electrons. The number of amides is 1. The predicted molar refractivity (Wildman–Crippen MR) is 82.3 cm³/mol. The summed E-state index contributed by atoms with van der Waals surface area (Å²) >= 11 is 1.25. The molecule has 1 amide bonds. The van der Waals surface area contributed by atoms with E-state index in [0.717, 1.165) is 18.7 Å². The molecule has 0 saturated heterocycles. The number of aromatic nitrogens is 2. The van der Waals surface area contributed by atoms with Crippen molar-refractivity contribution in [3.63, 3.8) is 0 Å². The Morgan fingerprint density at radius 1 is 1.43 bits per heavy atom. The van der Waals surface area contributed by atoms with Gasteiger partial charge in [0, 0.05) is 6.07 Å². The number of esters is 1. The normalized spacial score (nSPS) is 15.1. The zero-order chi connectivity index (χ0) is 15.1. The first-order valence-corrected chi connectivity index (χ1v) is 8.43. The van der Waals surface area contributed by atoms with Crippen molar-refractivity contribution in [3.05, 3.63) is 12.3 Å². The Balaban J connectivity index is 1.77. The van der Waals surface area contributed by atoms with E-state index in [0.29, 0.717) is 12.6 Å². The number of carbonyl (C=O) groups excluding carboxylic acids is 2. The second-order valence-corrected chi connectivity index (χ2v) is 5.93. The van der Waals surface area contributed by atoms with Gasteiger partial charge in [-0.25, -0.2) is 4.68 Å². The smallest absolute Gasteiger partial charge is 0.315 e. The summed E-state index contributed by atoms with van der Waals surface area (Å²) < 4.78 is 6.71. The Kier molecular flexibility index (Phi) is 6.10. The molecule has 1 heterocycles. The molecule has 0 aliphatic heterocycles. The molecule has 0 radical (unpaired) electrons. The third kappa shape index (κ3) is 4.77. The van der Waals surface area contributed by atoms with Gasteiger partial charge in [0.2, 0.25) is 5.91 Å². The van der Waals surface area contributed by atoms with Gasteiger partial charge < -0.3 is 10.1 Å². The maximum atomic E-state index is 11.9.